The molecule has 2 heterocycles. The molecule has 0 radical (unpaired) electrons. The molecule has 1 aliphatic heterocycles. The van der Waals surface area contributed by atoms with E-state index in [0.29, 0.717) is 0 Å². The van der Waals surface area contributed by atoms with Crippen LogP contribution in [0.3, 0.4) is 0 Å². The number of esters is 1. The molecule has 7 nitrogen and oxygen atoms in total. The molecule has 7 heteroatoms. The normalized spacial score (nSPS) is 15.1. The molecule has 0 bridgehead atoms. The number of ether oxygens (including phenoxy) is 1. The number of fused-ring (bicyclic) bond motifs is 1. The maximum Gasteiger partial charge on any atom is 0.329 e. The van der Waals surface area contributed by atoms with Crippen molar-refractivity contribution in [3.05, 3.63) is 77.1 Å². The van der Waals surface area contributed by atoms with Crippen LogP contribution in [0.2, 0.25) is 0 Å². The number of carbonyl (C=O) groups excluding carboxylic acids is 3. The summed E-state index contributed by atoms with van der Waals surface area (Å²) in [5, 5.41) is 3.53. The number of nitrogens with zero attached hydrogens (tertiary/aromatic N) is 2. The molecule has 4 rings (SSSR count). The second kappa shape index (κ2) is 7.87. The average Bonchev–Trinajstić information content (AvgIpc) is 3.22. The lowest BCUT2D eigenvalue weighted by Gasteiger charge is -2.11. The number of nitrogens with one attached hydrogen (secondary N) is 1. The third kappa shape index (κ3) is 3.69. The zero-order valence-electron chi connectivity index (χ0n) is 16.7. The van der Waals surface area contributed by atoms with Crippen molar-refractivity contribution < 1.29 is 19.1 Å². The Kier molecular flexibility index (Phi) is 5.10. The molecular formula is C23H21N3O4. The van der Waals surface area contributed by atoms with E-state index in [2.05, 4.69) is 5.32 Å². The maximum atomic E-state index is 12.9. The van der Waals surface area contributed by atoms with Gasteiger partial charge in [0.05, 0.1) is 13.7 Å². The number of hydrogen-bond donors (Lipinski definition) is 1. The van der Waals surface area contributed by atoms with Gasteiger partial charge in [0.2, 0.25) is 0 Å². The number of imide groups is 1. The summed E-state index contributed by atoms with van der Waals surface area (Å²) in [5.74, 6) is -0.755. The first-order valence-electron chi connectivity index (χ1n) is 9.51. The van der Waals surface area contributed by atoms with Crippen LogP contribution in [0.5, 0.6) is 0 Å². The lowest BCUT2D eigenvalue weighted by atomic mass is 10.1. The molecule has 0 atom stereocenters. The van der Waals surface area contributed by atoms with Gasteiger partial charge in [-0.1, -0.05) is 48.0 Å². The zero-order valence-corrected chi connectivity index (χ0v) is 16.7. The first-order valence-corrected chi connectivity index (χ1v) is 9.51. The second-order valence-corrected chi connectivity index (χ2v) is 7.17. The van der Waals surface area contributed by atoms with E-state index in [4.69, 9.17) is 4.74 Å². The van der Waals surface area contributed by atoms with Gasteiger partial charge in [0.1, 0.15) is 12.2 Å². The van der Waals surface area contributed by atoms with Gasteiger partial charge in [-0.05, 0) is 24.6 Å². The Bertz CT molecular complexity index is 1170. The maximum absolute atomic E-state index is 12.9. The van der Waals surface area contributed by atoms with E-state index >= 15 is 0 Å². The summed E-state index contributed by atoms with van der Waals surface area (Å²) in [6.45, 7) is 2.24. The Balaban J connectivity index is 1.64. The van der Waals surface area contributed by atoms with Gasteiger partial charge in [-0.15, -0.1) is 0 Å². The van der Waals surface area contributed by atoms with Gasteiger partial charge in [0, 0.05) is 22.7 Å². The molecule has 0 spiro atoms. The van der Waals surface area contributed by atoms with Gasteiger partial charge in [0.15, 0.2) is 0 Å². The predicted octanol–water partition coefficient (Wildman–Crippen LogP) is 3.22. The van der Waals surface area contributed by atoms with E-state index in [9.17, 15) is 14.4 Å². The summed E-state index contributed by atoms with van der Waals surface area (Å²) in [5.41, 5.74) is 3.76. The number of aryl methyl sites for hydroxylation is 1. The van der Waals surface area contributed by atoms with Crippen LogP contribution in [0.1, 0.15) is 16.7 Å². The lowest BCUT2D eigenvalue weighted by molar-refractivity contribution is -0.141. The topological polar surface area (TPSA) is 80.6 Å². The van der Waals surface area contributed by atoms with Gasteiger partial charge in [0.25, 0.3) is 5.91 Å². The lowest BCUT2D eigenvalue weighted by Crippen LogP contribution is -2.30. The monoisotopic (exact) mass is 403 g/mol. The molecule has 152 valence electrons. The van der Waals surface area contributed by atoms with Crippen molar-refractivity contribution in [3.8, 4) is 0 Å². The van der Waals surface area contributed by atoms with E-state index in [-0.39, 0.29) is 30.7 Å². The molecule has 0 aliphatic carbocycles. The van der Waals surface area contributed by atoms with Crippen LogP contribution in [0, 0.1) is 6.92 Å². The highest BCUT2D eigenvalue weighted by molar-refractivity contribution is 6.14. The largest absolute Gasteiger partial charge is 0.468 e. The van der Waals surface area contributed by atoms with Crippen molar-refractivity contribution in [2.45, 2.75) is 20.0 Å². The molecule has 3 aromatic rings. The first-order chi connectivity index (χ1) is 14.5. The molecule has 1 saturated heterocycles. The van der Waals surface area contributed by atoms with Gasteiger partial charge < -0.3 is 14.6 Å². The van der Waals surface area contributed by atoms with Crippen LogP contribution in [0.25, 0.3) is 17.0 Å². The minimum atomic E-state index is -0.454. The van der Waals surface area contributed by atoms with Crippen molar-refractivity contribution in [1.29, 1.82) is 0 Å². The number of rotatable bonds is 5. The van der Waals surface area contributed by atoms with Gasteiger partial charge in [-0.25, -0.2) is 4.79 Å². The van der Waals surface area contributed by atoms with Gasteiger partial charge >= 0.3 is 12.0 Å². The van der Waals surface area contributed by atoms with Crippen molar-refractivity contribution in [1.82, 2.24) is 14.8 Å². The van der Waals surface area contributed by atoms with Crippen LogP contribution in [0.4, 0.5) is 4.79 Å². The molecular weight excluding hydrogens is 382 g/mol. The summed E-state index contributed by atoms with van der Waals surface area (Å²) >= 11 is 0. The summed E-state index contributed by atoms with van der Waals surface area (Å²) in [7, 11) is 1.34. The Morgan fingerprint density at radius 3 is 2.57 bits per heavy atom. The van der Waals surface area contributed by atoms with Crippen molar-refractivity contribution >= 4 is 34.9 Å². The Labute approximate surface area is 173 Å². The Morgan fingerprint density at radius 2 is 1.83 bits per heavy atom. The Hall–Kier alpha value is -3.87. The van der Waals surface area contributed by atoms with E-state index in [1.54, 1.807) is 16.8 Å². The molecule has 1 N–H and O–H groups in total. The highest BCUT2D eigenvalue weighted by Gasteiger charge is 2.33. The molecule has 1 aliphatic rings. The summed E-state index contributed by atoms with van der Waals surface area (Å²) in [4.78, 5) is 38.2. The predicted molar refractivity (Wildman–Crippen MR) is 112 cm³/mol. The highest BCUT2D eigenvalue weighted by Crippen LogP contribution is 2.25. The minimum Gasteiger partial charge on any atom is -0.468 e. The molecule has 2 aromatic carbocycles. The molecule has 3 amide bonds. The molecule has 1 aromatic heterocycles. The van der Waals surface area contributed by atoms with Gasteiger partial charge in [-0.3, -0.25) is 14.5 Å². The number of carbonyl (C=O) groups is 3. The van der Waals surface area contributed by atoms with Gasteiger partial charge in [-0.2, -0.15) is 0 Å². The van der Waals surface area contributed by atoms with E-state index in [0.717, 1.165) is 27.6 Å². The third-order valence-corrected chi connectivity index (χ3v) is 5.07. The summed E-state index contributed by atoms with van der Waals surface area (Å²) in [6.07, 6.45) is 3.42. The Morgan fingerprint density at radius 1 is 1.10 bits per heavy atom. The van der Waals surface area contributed by atoms with Crippen LogP contribution in [0.15, 0.2) is 60.4 Å². The number of aromatic nitrogens is 1. The molecule has 30 heavy (non-hydrogen) atoms. The van der Waals surface area contributed by atoms with Crippen LogP contribution < -0.4 is 5.32 Å². The van der Waals surface area contributed by atoms with Crippen molar-refractivity contribution in [3.63, 3.8) is 0 Å². The highest BCUT2D eigenvalue weighted by atomic mass is 16.5. The fraction of sp³-hybridized carbons (Fsp3) is 0.174. The molecule has 0 saturated carbocycles. The standard InChI is InChI=1S/C23H21N3O4/c1-15-7-9-16(10-8-15)12-26-22(28)19(24-23(26)29)11-17-13-25(14-21(27)30-2)20-6-4-3-5-18(17)20/h3-11,13H,12,14H2,1-2H3,(H,24,29)/b19-11+. The number of methoxy groups -OCH3 is 1. The SMILES string of the molecule is COC(=O)Cn1cc(/C=C2/NC(=O)N(Cc3ccc(C)cc3)C2=O)c2ccccc21. The number of benzene rings is 2. The number of hydrogen-bond acceptors (Lipinski definition) is 4. The fourth-order valence-electron chi connectivity index (χ4n) is 3.47. The minimum absolute atomic E-state index is 0.0556. The summed E-state index contributed by atoms with van der Waals surface area (Å²) < 4.78 is 6.52. The molecule has 1 fully saturated rings. The summed E-state index contributed by atoms with van der Waals surface area (Å²) in [6, 6.07) is 14.8. The van der Waals surface area contributed by atoms with E-state index < -0.39 is 6.03 Å². The molecule has 0 unspecified atom stereocenters. The van der Waals surface area contributed by atoms with Crippen LogP contribution >= 0.6 is 0 Å². The quantitative estimate of drug-likeness (QED) is 0.403. The first kappa shape index (κ1) is 19.4. The fourth-order valence-corrected chi connectivity index (χ4v) is 3.47. The van der Waals surface area contributed by atoms with Crippen LogP contribution in [-0.4, -0.2) is 34.5 Å². The zero-order chi connectivity index (χ0) is 21.3. The number of amides is 3. The van der Waals surface area contributed by atoms with E-state index in [1.165, 1.54) is 12.0 Å². The second-order valence-electron chi connectivity index (χ2n) is 7.17. The number of para-hydroxylation sites is 1. The van der Waals surface area contributed by atoms with Crippen molar-refractivity contribution in [2.24, 2.45) is 0 Å². The van der Waals surface area contributed by atoms with E-state index in [1.807, 2.05) is 55.5 Å². The van der Waals surface area contributed by atoms with Crippen LogP contribution in [-0.2, 0) is 27.4 Å². The smallest absolute Gasteiger partial charge is 0.329 e. The number of urea groups is 1. The van der Waals surface area contributed by atoms with Crippen molar-refractivity contribution in [2.75, 3.05) is 7.11 Å². The third-order valence-electron chi connectivity index (χ3n) is 5.07. The average molecular weight is 403 g/mol.